The summed E-state index contributed by atoms with van der Waals surface area (Å²) in [6.45, 7) is 1.08. The third kappa shape index (κ3) is 3.71. The molecule has 4 amide bonds. The zero-order chi connectivity index (χ0) is 15.2. The summed E-state index contributed by atoms with van der Waals surface area (Å²) in [7, 11) is 1.75. The average Bonchev–Trinajstić information content (AvgIpc) is 2.49. The Morgan fingerprint density at radius 1 is 1.33 bits per heavy atom. The topological polar surface area (TPSA) is 90.5 Å². The number of rotatable bonds is 5. The van der Waals surface area contributed by atoms with Crippen molar-refractivity contribution in [2.24, 2.45) is 0 Å². The highest BCUT2D eigenvalue weighted by atomic mass is 16.2. The summed E-state index contributed by atoms with van der Waals surface area (Å²) in [5.41, 5.74) is 1.30. The third-order valence-corrected chi connectivity index (χ3v) is 3.25. The van der Waals surface area contributed by atoms with E-state index in [1.807, 2.05) is 12.1 Å². The van der Waals surface area contributed by atoms with Gasteiger partial charge in [-0.2, -0.15) is 0 Å². The Kier molecular flexibility index (Phi) is 4.76. The molecule has 7 nitrogen and oxygen atoms in total. The maximum absolute atomic E-state index is 12.1. The van der Waals surface area contributed by atoms with Gasteiger partial charge in [-0.05, 0) is 12.1 Å². The molecule has 1 aliphatic rings. The van der Waals surface area contributed by atoms with Gasteiger partial charge in [-0.25, -0.2) is 4.79 Å². The molecule has 0 aliphatic carbocycles. The fraction of sp³-hybridized carbons (Fsp3) is 0.357. The second-order valence-corrected chi connectivity index (χ2v) is 4.64. The van der Waals surface area contributed by atoms with Gasteiger partial charge in [0.1, 0.15) is 0 Å². The van der Waals surface area contributed by atoms with Gasteiger partial charge >= 0.3 is 6.03 Å². The van der Waals surface area contributed by atoms with E-state index in [-0.39, 0.29) is 11.8 Å². The Labute approximate surface area is 122 Å². The lowest BCUT2D eigenvalue weighted by Gasteiger charge is -2.26. The van der Waals surface area contributed by atoms with Crippen molar-refractivity contribution in [3.8, 4) is 0 Å². The molecule has 1 aromatic carbocycles. The second-order valence-electron chi connectivity index (χ2n) is 4.64. The maximum Gasteiger partial charge on any atom is 0.324 e. The Bertz CT molecular complexity index is 559. The number of imide groups is 1. The first-order chi connectivity index (χ1) is 10.1. The van der Waals surface area contributed by atoms with Crippen molar-refractivity contribution in [2.75, 3.05) is 32.0 Å². The van der Waals surface area contributed by atoms with Crippen molar-refractivity contribution in [1.29, 1.82) is 0 Å². The highest BCUT2D eigenvalue weighted by Crippen LogP contribution is 2.13. The molecule has 21 heavy (non-hydrogen) atoms. The Morgan fingerprint density at radius 2 is 2.10 bits per heavy atom. The maximum atomic E-state index is 12.1. The van der Waals surface area contributed by atoms with Crippen LogP contribution in [0.4, 0.5) is 10.5 Å². The molecule has 1 aliphatic heterocycles. The molecule has 0 atom stereocenters. The summed E-state index contributed by atoms with van der Waals surface area (Å²) in [6, 6.07) is 6.78. The number of carbonyl (C=O) groups is 3. The minimum Gasteiger partial charge on any atom is -0.387 e. The molecule has 3 N–H and O–H groups in total. The summed E-state index contributed by atoms with van der Waals surface area (Å²) in [5.74, 6) is -0.461. The third-order valence-electron chi connectivity index (χ3n) is 3.25. The normalized spacial score (nSPS) is 14.6. The number of carbonyl (C=O) groups excluding carboxylic acids is 3. The number of para-hydroxylation sites is 1. The molecule has 112 valence electrons. The van der Waals surface area contributed by atoms with Crippen molar-refractivity contribution >= 4 is 23.5 Å². The lowest BCUT2D eigenvalue weighted by atomic mass is 10.1. The van der Waals surface area contributed by atoms with E-state index in [0.29, 0.717) is 31.6 Å². The van der Waals surface area contributed by atoms with Crippen LogP contribution in [0.5, 0.6) is 0 Å². The number of hydrogen-bond donors (Lipinski definition) is 3. The van der Waals surface area contributed by atoms with Crippen LogP contribution in [0.3, 0.4) is 0 Å². The van der Waals surface area contributed by atoms with E-state index in [0.717, 1.165) is 5.69 Å². The smallest absolute Gasteiger partial charge is 0.324 e. The standard InChI is InChI=1S/C14H18N4O3/c1-15-11-5-3-2-4-10(11)13(20)16-7-9-18-8-6-12(19)17-14(18)21/h2-5,15H,6-9H2,1H3,(H,16,20)(H,17,19,21). The molecule has 1 aromatic rings. The van der Waals surface area contributed by atoms with E-state index in [2.05, 4.69) is 16.0 Å². The van der Waals surface area contributed by atoms with Crippen LogP contribution in [0.1, 0.15) is 16.8 Å². The summed E-state index contributed by atoms with van der Waals surface area (Å²) in [4.78, 5) is 36.1. The molecular weight excluding hydrogens is 272 g/mol. The van der Waals surface area contributed by atoms with Gasteiger partial charge in [0.05, 0.1) is 5.56 Å². The van der Waals surface area contributed by atoms with Crippen LogP contribution in [0.25, 0.3) is 0 Å². The van der Waals surface area contributed by atoms with Crippen molar-refractivity contribution in [3.05, 3.63) is 29.8 Å². The quantitative estimate of drug-likeness (QED) is 0.732. The lowest BCUT2D eigenvalue weighted by molar-refractivity contribution is -0.121. The van der Waals surface area contributed by atoms with Crippen LogP contribution in [0.15, 0.2) is 24.3 Å². The van der Waals surface area contributed by atoms with Crippen molar-refractivity contribution in [2.45, 2.75) is 6.42 Å². The van der Waals surface area contributed by atoms with Crippen LogP contribution < -0.4 is 16.0 Å². The van der Waals surface area contributed by atoms with E-state index in [4.69, 9.17) is 0 Å². The number of amides is 4. The lowest BCUT2D eigenvalue weighted by Crippen LogP contribution is -2.51. The SMILES string of the molecule is CNc1ccccc1C(=O)NCCN1CCC(=O)NC1=O. The molecular formula is C14H18N4O3. The number of urea groups is 1. The predicted molar refractivity (Wildman–Crippen MR) is 78.1 cm³/mol. The van der Waals surface area contributed by atoms with Gasteiger partial charge in [-0.1, -0.05) is 12.1 Å². The fourth-order valence-corrected chi connectivity index (χ4v) is 2.11. The number of nitrogens with zero attached hydrogens (tertiary/aromatic N) is 1. The van der Waals surface area contributed by atoms with E-state index < -0.39 is 6.03 Å². The van der Waals surface area contributed by atoms with E-state index >= 15 is 0 Å². The number of hydrogen-bond acceptors (Lipinski definition) is 4. The first-order valence-electron chi connectivity index (χ1n) is 6.75. The van der Waals surface area contributed by atoms with Gasteiger partial charge in [0, 0.05) is 38.8 Å². The van der Waals surface area contributed by atoms with Gasteiger partial charge in [0.15, 0.2) is 0 Å². The molecule has 0 saturated carbocycles. The first kappa shape index (κ1) is 14.8. The van der Waals surface area contributed by atoms with Gasteiger partial charge in [-0.15, -0.1) is 0 Å². The van der Waals surface area contributed by atoms with Crippen LogP contribution in [-0.2, 0) is 4.79 Å². The molecule has 2 rings (SSSR count). The van der Waals surface area contributed by atoms with Gasteiger partial charge in [-0.3, -0.25) is 14.9 Å². The summed E-state index contributed by atoms with van der Waals surface area (Å²) in [6.07, 6.45) is 0.294. The molecule has 7 heteroatoms. The molecule has 0 spiro atoms. The monoisotopic (exact) mass is 290 g/mol. The highest BCUT2D eigenvalue weighted by Gasteiger charge is 2.22. The van der Waals surface area contributed by atoms with E-state index in [9.17, 15) is 14.4 Å². The molecule has 0 aromatic heterocycles. The molecule has 1 heterocycles. The first-order valence-corrected chi connectivity index (χ1v) is 6.75. The van der Waals surface area contributed by atoms with Crippen LogP contribution >= 0.6 is 0 Å². The van der Waals surface area contributed by atoms with Gasteiger partial charge in [0.25, 0.3) is 5.91 Å². The van der Waals surface area contributed by atoms with Crippen LogP contribution in [0.2, 0.25) is 0 Å². The molecule has 0 bridgehead atoms. The zero-order valence-corrected chi connectivity index (χ0v) is 11.8. The van der Waals surface area contributed by atoms with E-state index in [1.165, 1.54) is 4.90 Å². The Balaban J connectivity index is 1.84. The molecule has 1 saturated heterocycles. The fourth-order valence-electron chi connectivity index (χ4n) is 2.11. The molecule has 0 unspecified atom stereocenters. The van der Waals surface area contributed by atoms with Gasteiger partial charge < -0.3 is 15.5 Å². The summed E-state index contributed by atoms with van der Waals surface area (Å²) in [5, 5.41) is 7.97. The number of anilines is 1. The largest absolute Gasteiger partial charge is 0.387 e. The van der Waals surface area contributed by atoms with Crippen molar-refractivity contribution < 1.29 is 14.4 Å². The molecule has 0 radical (unpaired) electrons. The second kappa shape index (κ2) is 6.74. The predicted octanol–water partition coefficient (Wildman–Crippen LogP) is 0.400. The average molecular weight is 290 g/mol. The van der Waals surface area contributed by atoms with Crippen LogP contribution in [-0.4, -0.2) is 49.4 Å². The van der Waals surface area contributed by atoms with E-state index in [1.54, 1.807) is 19.2 Å². The summed E-state index contributed by atoms with van der Waals surface area (Å²) < 4.78 is 0. The highest BCUT2D eigenvalue weighted by molar-refractivity contribution is 5.99. The summed E-state index contributed by atoms with van der Waals surface area (Å²) >= 11 is 0. The minimum atomic E-state index is -0.406. The Morgan fingerprint density at radius 3 is 2.81 bits per heavy atom. The minimum absolute atomic E-state index is 0.201. The van der Waals surface area contributed by atoms with Crippen LogP contribution in [0, 0.1) is 0 Å². The van der Waals surface area contributed by atoms with Crippen molar-refractivity contribution in [1.82, 2.24) is 15.5 Å². The van der Waals surface area contributed by atoms with Gasteiger partial charge in [0.2, 0.25) is 5.91 Å². The van der Waals surface area contributed by atoms with Crippen molar-refractivity contribution in [3.63, 3.8) is 0 Å². The zero-order valence-electron chi connectivity index (χ0n) is 11.8. The number of nitrogens with one attached hydrogen (secondary N) is 3. The molecule has 1 fully saturated rings. The number of benzene rings is 1. The Hall–Kier alpha value is -2.57.